The van der Waals surface area contributed by atoms with Gasteiger partial charge in [0.25, 0.3) is 5.56 Å². The molecule has 2 aromatic carbocycles. The summed E-state index contributed by atoms with van der Waals surface area (Å²) in [5.41, 5.74) is 2.13. The lowest BCUT2D eigenvalue weighted by Crippen LogP contribution is -2.40. The van der Waals surface area contributed by atoms with E-state index in [-0.39, 0.29) is 12.2 Å². The number of thiazole rings is 1. The lowest BCUT2D eigenvalue weighted by atomic mass is 9.95. The molecule has 1 aliphatic heterocycles. The van der Waals surface area contributed by atoms with E-state index < -0.39 is 12.0 Å². The highest BCUT2D eigenvalue weighted by atomic mass is 127. The lowest BCUT2D eigenvalue weighted by molar-refractivity contribution is -0.136. The van der Waals surface area contributed by atoms with Crippen molar-refractivity contribution in [2.45, 2.75) is 19.4 Å². The molecule has 0 saturated carbocycles. The second-order valence-corrected chi connectivity index (χ2v) is 9.97. The Morgan fingerprint density at radius 1 is 1.28 bits per heavy atom. The van der Waals surface area contributed by atoms with Gasteiger partial charge in [-0.15, -0.1) is 6.42 Å². The first-order valence-electron chi connectivity index (χ1n) is 11.0. The minimum absolute atomic E-state index is 0.0510. The van der Waals surface area contributed by atoms with Gasteiger partial charge in [-0.1, -0.05) is 54.5 Å². The van der Waals surface area contributed by atoms with E-state index in [4.69, 9.17) is 25.6 Å². The number of fused-ring (bicyclic) bond motifs is 1. The van der Waals surface area contributed by atoms with Crippen LogP contribution in [0.3, 0.4) is 0 Å². The summed E-state index contributed by atoms with van der Waals surface area (Å²) in [6.07, 6.45) is 7.66. The minimum Gasteiger partial charge on any atom is -0.493 e. The fourth-order valence-electron chi connectivity index (χ4n) is 4.07. The van der Waals surface area contributed by atoms with Crippen LogP contribution in [0.5, 0.6) is 11.5 Å². The van der Waals surface area contributed by atoms with E-state index in [2.05, 4.69) is 28.5 Å². The van der Waals surface area contributed by atoms with Crippen molar-refractivity contribution in [2.24, 2.45) is 4.99 Å². The maximum Gasteiger partial charge on any atom is 0.338 e. The normalized spacial score (nSPS) is 15.1. The summed E-state index contributed by atoms with van der Waals surface area (Å²) in [6, 6.07) is 12.5. The first-order valence-corrected chi connectivity index (χ1v) is 12.9. The third-order valence-electron chi connectivity index (χ3n) is 5.62. The van der Waals surface area contributed by atoms with Crippen LogP contribution in [0.1, 0.15) is 30.5 Å². The second-order valence-electron chi connectivity index (χ2n) is 7.72. The number of carbonyl (C=O) groups is 1. The van der Waals surface area contributed by atoms with E-state index in [1.165, 1.54) is 18.4 Å². The van der Waals surface area contributed by atoms with Gasteiger partial charge >= 0.3 is 5.97 Å². The number of hydrogen-bond donors (Lipinski definition) is 0. The largest absolute Gasteiger partial charge is 0.493 e. The summed E-state index contributed by atoms with van der Waals surface area (Å²) < 4.78 is 19.3. The molecule has 1 atom stereocenters. The fourth-order valence-corrected chi connectivity index (χ4v) is 5.70. The van der Waals surface area contributed by atoms with Crippen LogP contribution in [-0.2, 0) is 9.53 Å². The molecule has 9 heteroatoms. The molecule has 0 saturated heterocycles. The zero-order valence-corrected chi connectivity index (χ0v) is 22.9. The van der Waals surface area contributed by atoms with Crippen LogP contribution in [0.2, 0.25) is 0 Å². The predicted molar refractivity (Wildman–Crippen MR) is 147 cm³/mol. The van der Waals surface area contributed by atoms with E-state index >= 15 is 0 Å². The van der Waals surface area contributed by atoms with Crippen molar-refractivity contribution in [2.75, 3.05) is 20.8 Å². The summed E-state index contributed by atoms with van der Waals surface area (Å²) >= 11 is 3.43. The van der Waals surface area contributed by atoms with E-state index in [1.54, 1.807) is 17.8 Å². The summed E-state index contributed by atoms with van der Waals surface area (Å²) in [5.74, 6) is 2.91. The van der Waals surface area contributed by atoms with Crippen LogP contribution in [-0.4, -0.2) is 31.4 Å². The van der Waals surface area contributed by atoms with Crippen LogP contribution in [0.25, 0.3) is 6.08 Å². The van der Waals surface area contributed by atoms with Crippen LogP contribution in [0.15, 0.2) is 63.5 Å². The average Bonchev–Trinajstić information content (AvgIpc) is 3.21. The second kappa shape index (κ2) is 11.1. The molecule has 2 heterocycles. The molecule has 4 rings (SSSR count). The first kappa shape index (κ1) is 25.7. The van der Waals surface area contributed by atoms with E-state index in [0.717, 1.165) is 9.13 Å². The third kappa shape index (κ3) is 4.83. The Morgan fingerprint density at radius 3 is 2.67 bits per heavy atom. The molecule has 0 amide bonds. The van der Waals surface area contributed by atoms with Gasteiger partial charge in [0.2, 0.25) is 0 Å². The number of terminal acetylenes is 1. The van der Waals surface area contributed by atoms with Gasteiger partial charge in [0.05, 0.1) is 36.1 Å². The molecule has 184 valence electrons. The molecule has 0 bridgehead atoms. The molecule has 1 aliphatic rings. The molecule has 0 radical (unpaired) electrons. The number of benzene rings is 2. The monoisotopic (exact) mass is 614 g/mol. The molecule has 36 heavy (non-hydrogen) atoms. The maximum atomic E-state index is 13.8. The van der Waals surface area contributed by atoms with Crippen LogP contribution in [0, 0.1) is 15.9 Å². The first-order chi connectivity index (χ1) is 17.4. The Balaban J connectivity index is 2.00. The van der Waals surface area contributed by atoms with Crippen molar-refractivity contribution < 1.29 is 19.0 Å². The number of allylic oxidation sites excluding steroid dienone is 1. The number of nitrogens with zero attached hydrogens (tertiary/aromatic N) is 2. The highest BCUT2D eigenvalue weighted by molar-refractivity contribution is 14.1. The predicted octanol–water partition coefficient (Wildman–Crippen LogP) is 3.42. The van der Waals surface area contributed by atoms with Crippen LogP contribution >= 0.6 is 33.9 Å². The number of esters is 1. The Morgan fingerprint density at radius 2 is 2.03 bits per heavy atom. The average molecular weight is 614 g/mol. The Bertz CT molecular complexity index is 1560. The van der Waals surface area contributed by atoms with Gasteiger partial charge in [0.1, 0.15) is 6.61 Å². The highest BCUT2D eigenvalue weighted by Crippen LogP contribution is 2.34. The third-order valence-corrected chi connectivity index (χ3v) is 7.23. The molecular formula is C27H23IN2O5S. The smallest absolute Gasteiger partial charge is 0.338 e. The Hall–Kier alpha value is -3.36. The number of carbonyl (C=O) groups excluding carboxylic acids is 1. The van der Waals surface area contributed by atoms with Gasteiger partial charge in [-0.25, -0.2) is 9.79 Å². The maximum absolute atomic E-state index is 13.8. The molecule has 1 aromatic heterocycles. The molecule has 0 N–H and O–H groups in total. The molecule has 0 unspecified atom stereocenters. The fraction of sp³-hybridized carbons (Fsp3) is 0.222. The highest BCUT2D eigenvalue weighted by Gasteiger charge is 2.33. The van der Waals surface area contributed by atoms with Crippen molar-refractivity contribution in [1.82, 2.24) is 4.57 Å². The van der Waals surface area contributed by atoms with Gasteiger partial charge in [-0.05, 0) is 52.8 Å². The van der Waals surface area contributed by atoms with Gasteiger partial charge < -0.3 is 14.2 Å². The number of ether oxygens (including phenoxy) is 3. The van der Waals surface area contributed by atoms with Crippen molar-refractivity contribution in [3.63, 3.8) is 0 Å². The van der Waals surface area contributed by atoms with Crippen molar-refractivity contribution in [1.29, 1.82) is 0 Å². The SMILES string of the molecule is C#CCOc1c(/C=c2/sc3n(c2=O)[C@H](c2ccccc2)C(C(=O)OC)=C(CC)N=3)cc(I)cc1OC. The van der Waals surface area contributed by atoms with Crippen molar-refractivity contribution in [3.05, 3.63) is 88.1 Å². The van der Waals surface area contributed by atoms with Gasteiger partial charge in [0, 0.05) is 9.13 Å². The molecule has 7 nitrogen and oxygen atoms in total. The van der Waals surface area contributed by atoms with Crippen LogP contribution in [0.4, 0.5) is 0 Å². The van der Waals surface area contributed by atoms with Crippen molar-refractivity contribution in [3.8, 4) is 23.8 Å². The molecule has 0 fully saturated rings. The van der Waals surface area contributed by atoms with Gasteiger partial charge in [0.15, 0.2) is 16.3 Å². The topological polar surface area (TPSA) is 79.1 Å². The molecule has 0 aliphatic carbocycles. The zero-order chi connectivity index (χ0) is 25.8. The van der Waals surface area contributed by atoms with Crippen molar-refractivity contribution >= 4 is 46.0 Å². The molecular weight excluding hydrogens is 591 g/mol. The lowest BCUT2D eigenvalue weighted by Gasteiger charge is -2.25. The van der Waals surface area contributed by atoms with E-state index in [9.17, 15) is 9.59 Å². The standard InChI is InChI=1S/C27H23IN2O5S/c1-5-12-35-24-17(13-18(28)15-20(24)33-3)14-21-25(31)30-23(16-10-8-7-9-11-16)22(26(32)34-4)19(6-2)29-27(30)36-21/h1,7-11,13-15,23H,6,12H2,2-4H3/b21-14+/t23-/m1/s1. The summed E-state index contributed by atoms with van der Waals surface area (Å²) in [6.45, 7) is 1.97. The van der Waals surface area contributed by atoms with Gasteiger partial charge in [-0.2, -0.15) is 0 Å². The summed E-state index contributed by atoms with van der Waals surface area (Å²) in [4.78, 5) is 31.9. The summed E-state index contributed by atoms with van der Waals surface area (Å²) in [7, 11) is 2.88. The number of methoxy groups -OCH3 is 2. The molecule has 3 aromatic rings. The van der Waals surface area contributed by atoms with E-state index in [1.807, 2.05) is 49.4 Å². The minimum atomic E-state index is -0.658. The van der Waals surface area contributed by atoms with Crippen LogP contribution < -0.4 is 24.4 Å². The number of aromatic nitrogens is 1. The number of hydrogen-bond acceptors (Lipinski definition) is 7. The van der Waals surface area contributed by atoms with Gasteiger partial charge in [-0.3, -0.25) is 9.36 Å². The van der Waals surface area contributed by atoms with E-state index in [0.29, 0.717) is 44.1 Å². The Labute approximate surface area is 225 Å². The number of halogens is 1. The Kier molecular flexibility index (Phi) is 7.96. The summed E-state index contributed by atoms with van der Waals surface area (Å²) in [5, 5.41) is 0. The number of rotatable bonds is 7. The molecule has 0 spiro atoms. The zero-order valence-electron chi connectivity index (χ0n) is 19.9. The quantitative estimate of drug-likeness (QED) is 0.232.